The molecule has 1 amide bonds. The van der Waals surface area contributed by atoms with Crippen molar-refractivity contribution in [3.05, 3.63) is 36.1 Å². The highest BCUT2D eigenvalue weighted by Crippen LogP contribution is 2.25. The molecule has 3 heterocycles. The average Bonchev–Trinajstić information content (AvgIpc) is 3.11. The molecule has 0 bridgehead atoms. The van der Waals surface area contributed by atoms with Crippen molar-refractivity contribution in [2.24, 2.45) is 5.92 Å². The molecule has 0 spiro atoms. The number of para-hydroxylation sites is 1. The largest absolute Gasteiger partial charge is 0.451 e. The van der Waals surface area contributed by atoms with E-state index < -0.39 is 0 Å². The van der Waals surface area contributed by atoms with Crippen molar-refractivity contribution in [1.29, 1.82) is 0 Å². The van der Waals surface area contributed by atoms with Gasteiger partial charge in [-0.3, -0.25) is 9.69 Å². The van der Waals surface area contributed by atoms with E-state index >= 15 is 0 Å². The summed E-state index contributed by atoms with van der Waals surface area (Å²) in [5.41, 5.74) is 0.784. The summed E-state index contributed by atoms with van der Waals surface area (Å²) in [6.45, 7) is 6.68. The third-order valence-corrected chi connectivity index (χ3v) is 5.50. The summed E-state index contributed by atoms with van der Waals surface area (Å²) in [6, 6.07) is 9.64. The number of hydrogen-bond acceptors (Lipinski definition) is 4. The maximum atomic E-state index is 12.7. The smallest absolute Gasteiger partial charge is 0.289 e. The van der Waals surface area contributed by atoms with Crippen molar-refractivity contribution in [2.75, 3.05) is 45.9 Å². The Bertz CT molecular complexity index is 680. The van der Waals surface area contributed by atoms with Gasteiger partial charge in [-0.25, -0.2) is 0 Å². The van der Waals surface area contributed by atoms with Crippen molar-refractivity contribution in [1.82, 2.24) is 9.80 Å². The third kappa shape index (κ3) is 3.88. The second-order valence-corrected chi connectivity index (χ2v) is 7.13. The highest BCUT2D eigenvalue weighted by atomic mass is 16.5. The summed E-state index contributed by atoms with van der Waals surface area (Å²) in [7, 11) is 0. The normalized spacial score (nSPS) is 20.2. The van der Waals surface area contributed by atoms with Crippen molar-refractivity contribution >= 4 is 16.9 Å². The molecule has 0 atom stereocenters. The Kier molecular flexibility index (Phi) is 5.04. The minimum absolute atomic E-state index is 0.0304. The van der Waals surface area contributed by atoms with Crippen molar-refractivity contribution in [2.45, 2.75) is 19.3 Å². The van der Waals surface area contributed by atoms with Crippen molar-refractivity contribution in [3.63, 3.8) is 0 Å². The molecular formula is C20H26N2O3. The van der Waals surface area contributed by atoms with Gasteiger partial charge < -0.3 is 14.1 Å². The lowest BCUT2D eigenvalue weighted by molar-refractivity contribution is 0.0331. The highest BCUT2D eigenvalue weighted by molar-refractivity contribution is 5.96. The fraction of sp³-hybridized carbons (Fsp3) is 0.550. The topological polar surface area (TPSA) is 45.9 Å². The zero-order valence-electron chi connectivity index (χ0n) is 14.7. The maximum absolute atomic E-state index is 12.7. The Morgan fingerprint density at radius 3 is 2.60 bits per heavy atom. The van der Waals surface area contributed by atoms with Gasteiger partial charge in [0.2, 0.25) is 0 Å². The molecule has 1 aromatic carbocycles. The number of amides is 1. The quantitative estimate of drug-likeness (QED) is 0.857. The van der Waals surface area contributed by atoms with Gasteiger partial charge in [-0.05, 0) is 43.9 Å². The van der Waals surface area contributed by atoms with E-state index in [2.05, 4.69) is 4.90 Å². The summed E-state index contributed by atoms with van der Waals surface area (Å²) in [5, 5.41) is 0.992. The van der Waals surface area contributed by atoms with Crippen LogP contribution in [0.3, 0.4) is 0 Å². The second-order valence-electron chi connectivity index (χ2n) is 7.13. The molecule has 2 aromatic rings. The first-order chi connectivity index (χ1) is 12.3. The van der Waals surface area contributed by atoms with Gasteiger partial charge in [0, 0.05) is 31.6 Å². The Hall–Kier alpha value is -1.85. The standard InChI is InChI=1S/C20H26N2O3/c23-20(19-15-17-3-1-2-4-18(17)25-19)22-9-6-16(7-10-22)5-8-21-11-13-24-14-12-21/h1-4,15-16H,5-14H2. The van der Waals surface area contributed by atoms with Crippen LogP contribution >= 0.6 is 0 Å². The molecule has 2 aliphatic heterocycles. The Balaban J connectivity index is 1.28. The van der Waals surface area contributed by atoms with E-state index in [1.807, 2.05) is 35.2 Å². The van der Waals surface area contributed by atoms with Crippen LogP contribution in [0, 0.1) is 5.92 Å². The number of fused-ring (bicyclic) bond motifs is 1. The first-order valence-corrected chi connectivity index (χ1v) is 9.37. The minimum Gasteiger partial charge on any atom is -0.451 e. The number of carbonyl (C=O) groups excluding carboxylic acids is 1. The zero-order valence-corrected chi connectivity index (χ0v) is 14.7. The lowest BCUT2D eigenvalue weighted by atomic mass is 9.93. The van der Waals surface area contributed by atoms with Crippen LogP contribution in [-0.4, -0.2) is 61.6 Å². The molecule has 0 N–H and O–H groups in total. The number of carbonyl (C=O) groups is 1. The number of furan rings is 1. The fourth-order valence-electron chi connectivity index (χ4n) is 3.86. The van der Waals surface area contributed by atoms with Crippen molar-refractivity contribution < 1.29 is 13.9 Å². The molecule has 0 radical (unpaired) electrons. The van der Waals surface area contributed by atoms with Gasteiger partial charge in [0.25, 0.3) is 5.91 Å². The molecular weight excluding hydrogens is 316 g/mol. The van der Waals surface area contributed by atoms with Gasteiger partial charge >= 0.3 is 0 Å². The van der Waals surface area contributed by atoms with E-state index in [9.17, 15) is 4.79 Å². The molecule has 0 aliphatic carbocycles. The lowest BCUT2D eigenvalue weighted by Gasteiger charge is -2.33. The Labute approximate surface area is 148 Å². The average molecular weight is 342 g/mol. The van der Waals surface area contributed by atoms with Crippen LogP contribution in [0.1, 0.15) is 29.8 Å². The van der Waals surface area contributed by atoms with E-state index in [-0.39, 0.29) is 5.91 Å². The molecule has 1 aromatic heterocycles. The lowest BCUT2D eigenvalue weighted by Crippen LogP contribution is -2.40. The molecule has 2 saturated heterocycles. The van der Waals surface area contributed by atoms with Crippen molar-refractivity contribution in [3.8, 4) is 0 Å². The first-order valence-electron chi connectivity index (χ1n) is 9.37. The second kappa shape index (κ2) is 7.58. The van der Waals surface area contributed by atoms with Gasteiger partial charge in [-0.15, -0.1) is 0 Å². The van der Waals surface area contributed by atoms with E-state index in [1.165, 1.54) is 6.42 Å². The number of benzene rings is 1. The number of likely N-dealkylation sites (tertiary alicyclic amines) is 1. The van der Waals surface area contributed by atoms with Gasteiger partial charge in [0.15, 0.2) is 5.76 Å². The number of hydrogen-bond donors (Lipinski definition) is 0. The van der Waals surface area contributed by atoms with Gasteiger partial charge in [-0.1, -0.05) is 18.2 Å². The molecule has 2 aliphatic rings. The minimum atomic E-state index is 0.0304. The van der Waals surface area contributed by atoms with E-state index in [0.29, 0.717) is 5.76 Å². The number of nitrogens with zero attached hydrogens (tertiary/aromatic N) is 2. The molecule has 2 fully saturated rings. The predicted octanol–water partition coefficient (Wildman–Crippen LogP) is 3.01. The third-order valence-electron chi connectivity index (χ3n) is 5.50. The van der Waals surface area contributed by atoms with Crippen LogP contribution in [0.2, 0.25) is 0 Å². The number of morpholine rings is 1. The molecule has 4 rings (SSSR count). The monoisotopic (exact) mass is 342 g/mol. The van der Waals surface area contributed by atoms with Gasteiger partial charge in [-0.2, -0.15) is 0 Å². The summed E-state index contributed by atoms with van der Waals surface area (Å²) in [4.78, 5) is 17.1. The number of ether oxygens (including phenoxy) is 1. The molecule has 25 heavy (non-hydrogen) atoms. The molecule has 0 saturated carbocycles. The SMILES string of the molecule is O=C(c1cc2ccccc2o1)N1CCC(CCN2CCOCC2)CC1. The Morgan fingerprint density at radius 1 is 1.08 bits per heavy atom. The predicted molar refractivity (Wildman–Crippen MR) is 96.7 cm³/mol. The summed E-state index contributed by atoms with van der Waals surface area (Å²) < 4.78 is 11.1. The fourth-order valence-corrected chi connectivity index (χ4v) is 3.86. The van der Waals surface area contributed by atoms with Crippen LogP contribution in [0.25, 0.3) is 11.0 Å². The first kappa shape index (κ1) is 16.6. The van der Waals surface area contributed by atoms with E-state index in [0.717, 1.165) is 75.7 Å². The highest BCUT2D eigenvalue weighted by Gasteiger charge is 2.26. The van der Waals surface area contributed by atoms with Crippen LogP contribution < -0.4 is 0 Å². The molecule has 0 unspecified atom stereocenters. The summed E-state index contributed by atoms with van der Waals surface area (Å²) >= 11 is 0. The van der Waals surface area contributed by atoms with Crippen LogP contribution in [-0.2, 0) is 4.74 Å². The molecule has 5 heteroatoms. The van der Waals surface area contributed by atoms with Gasteiger partial charge in [0.05, 0.1) is 13.2 Å². The Morgan fingerprint density at radius 2 is 1.84 bits per heavy atom. The maximum Gasteiger partial charge on any atom is 0.289 e. The van der Waals surface area contributed by atoms with E-state index in [1.54, 1.807) is 0 Å². The van der Waals surface area contributed by atoms with Crippen LogP contribution in [0.4, 0.5) is 0 Å². The molecule has 5 nitrogen and oxygen atoms in total. The van der Waals surface area contributed by atoms with Gasteiger partial charge in [0.1, 0.15) is 5.58 Å². The van der Waals surface area contributed by atoms with Crippen LogP contribution in [0.5, 0.6) is 0 Å². The summed E-state index contributed by atoms with van der Waals surface area (Å²) in [6.07, 6.45) is 3.42. The zero-order chi connectivity index (χ0) is 17.1. The van der Waals surface area contributed by atoms with Crippen LogP contribution in [0.15, 0.2) is 34.7 Å². The number of piperidine rings is 1. The van der Waals surface area contributed by atoms with E-state index in [4.69, 9.17) is 9.15 Å². The molecule has 134 valence electrons. The summed E-state index contributed by atoms with van der Waals surface area (Å²) in [5.74, 6) is 1.22. The number of rotatable bonds is 4.